The molecule has 2 atom stereocenters. The fourth-order valence-electron chi connectivity index (χ4n) is 2.11. The first-order valence-corrected chi connectivity index (χ1v) is 7.53. The third-order valence-corrected chi connectivity index (χ3v) is 4.14. The molecule has 0 N–H and O–H groups in total. The van der Waals surface area contributed by atoms with E-state index < -0.39 is 6.10 Å². The Labute approximate surface area is 123 Å². The van der Waals surface area contributed by atoms with Crippen molar-refractivity contribution in [3.63, 3.8) is 0 Å². The number of hydrogen-bond donors (Lipinski definition) is 0. The Bertz CT molecular complexity index is 427. The molecule has 1 saturated heterocycles. The average Bonchev–Trinajstić information content (AvgIpc) is 2.97. The Hall–Kier alpha value is -1.02. The molecule has 1 fully saturated rings. The highest BCUT2D eigenvalue weighted by molar-refractivity contribution is 7.13. The third-order valence-electron chi connectivity index (χ3n) is 3.35. The summed E-state index contributed by atoms with van der Waals surface area (Å²) in [7, 11) is 3.59. The van der Waals surface area contributed by atoms with E-state index in [-0.39, 0.29) is 12.0 Å². The predicted molar refractivity (Wildman–Crippen MR) is 78.2 cm³/mol. The molecule has 1 aliphatic heterocycles. The van der Waals surface area contributed by atoms with E-state index in [9.17, 15) is 4.79 Å². The van der Waals surface area contributed by atoms with Crippen LogP contribution < -0.4 is 4.90 Å². The first-order chi connectivity index (χ1) is 9.61. The quantitative estimate of drug-likeness (QED) is 0.806. The molecule has 1 aliphatic rings. The summed E-state index contributed by atoms with van der Waals surface area (Å²) < 4.78 is 10.9. The number of rotatable bonds is 5. The summed E-state index contributed by atoms with van der Waals surface area (Å²) in [6, 6.07) is 0. The monoisotopic (exact) mass is 299 g/mol. The number of hydrogen-bond acceptors (Lipinski definition) is 6. The largest absolute Gasteiger partial charge is 0.374 e. The van der Waals surface area contributed by atoms with Crippen LogP contribution >= 0.6 is 11.3 Å². The second kappa shape index (κ2) is 7.12. The van der Waals surface area contributed by atoms with Crippen LogP contribution in [0.3, 0.4) is 0 Å². The molecule has 112 valence electrons. The Morgan fingerprint density at radius 1 is 1.75 bits per heavy atom. The van der Waals surface area contributed by atoms with Gasteiger partial charge in [0.1, 0.15) is 6.10 Å². The molecular weight excluding hydrogens is 278 g/mol. The molecule has 2 heterocycles. The highest BCUT2D eigenvalue weighted by atomic mass is 32.1. The molecule has 0 saturated carbocycles. The van der Waals surface area contributed by atoms with E-state index in [4.69, 9.17) is 9.47 Å². The topological polar surface area (TPSA) is 54.9 Å². The smallest absolute Gasteiger partial charge is 0.257 e. The third kappa shape index (κ3) is 3.76. The van der Waals surface area contributed by atoms with Gasteiger partial charge >= 0.3 is 0 Å². The Morgan fingerprint density at radius 3 is 3.15 bits per heavy atom. The van der Waals surface area contributed by atoms with Gasteiger partial charge in [-0.05, 0) is 14.0 Å². The van der Waals surface area contributed by atoms with Crippen molar-refractivity contribution >= 4 is 22.4 Å². The maximum absolute atomic E-state index is 12.4. The summed E-state index contributed by atoms with van der Waals surface area (Å²) in [5, 5.41) is 2.55. The van der Waals surface area contributed by atoms with Gasteiger partial charge in [0.25, 0.3) is 5.91 Å². The minimum atomic E-state index is -0.486. The van der Waals surface area contributed by atoms with Crippen molar-refractivity contribution in [1.82, 2.24) is 9.88 Å². The van der Waals surface area contributed by atoms with Crippen molar-refractivity contribution in [3.8, 4) is 0 Å². The van der Waals surface area contributed by atoms with Crippen molar-refractivity contribution in [2.75, 3.05) is 45.3 Å². The van der Waals surface area contributed by atoms with Crippen LogP contribution in [0.15, 0.2) is 11.6 Å². The van der Waals surface area contributed by atoms with E-state index in [2.05, 4.69) is 16.9 Å². The average molecular weight is 299 g/mol. The van der Waals surface area contributed by atoms with Crippen LogP contribution in [0.25, 0.3) is 0 Å². The van der Waals surface area contributed by atoms with Crippen LogP contribution in [0.4, 0.5) is 5.13 Å². The normalized spacial score (nSPS) is 21.6. The van der Waals surface area contributed by atoms with E-state index in [1.807, 2.05) is 5.38 Å². The number of carbonyl (C=O) groups is 1. The second-order valence-electron chi connectivity index (χ2n) is 4.90. The first kappa shape index (κ1) is 15.4. The summed E-state index contributed by atoms with van der Waals surface area (Å²) in [4.78, 5) is 20.5. The summed E-state index contributed by atoms with van der Waals surface area (Å²) in [5.41, 5.74) is 0. The predicted octanol–water partition coefficient (Wildman–Crippen LogP) is 0.842. The summed E-state index contributed by atoms with van der Waals surface area (Å²) in [6.07, 6.45) is 1.22. The molecule has 0 unspecified atom stereocenters. The summed E-state index contributed by atoms with van der Waals surface area (Å²) in [6.45, 7) is 4.69. The number of amides is 1. The molecule has 7 heteroatoms. The number of nitrogens with zero attached hydrogens (tertiary/aromatic N) is 3. The van der Waals surface area contributed by atoms with Crippen LogP contribution in [0.1, 0.15) is 6.92 Å². The number of morpholine rings is 1. The molecule has 0 spiro atoms. The lowest BCUT2D eigenvalue weighted by Gasteiger charge is -2.33. The van der Waals surface area contributed by atoms with E-state index in [0.29, 0.717) is 18.3 Å². The van der Waals surface area contributed by atoms with Gasteiger partial charge in [-0.3, -0.25) is 9.69 Å². The fourth-order valence-corrected chi connectivity index (χ4v) is 2.77. The summed E-state index contributed by atoms with van der Waals surface area (Å²) >= 11 is 1.45. The fraction of sp³-hybridized carbons (Fsp3) is 0.692. The zero-order valence-corrected chi connectivity index (χ0v) is 12.9. The highest BCUT2D eigenvalue weighted by Gasteiger charge is 2.28. The van der Waals surface area contributed by atoms with Crippen molar-refractivity contribution < 1.29 is 14.3 Å². The van der Waals surface area contributed by atoms with Crippen LogP contribution in [0.2, 0.25) is 0 Å². The van der Waals surface area contributed by atoms with Gasteiger partial charge < -0.3 is 14.4 Å². The molecule has 1 aromatic rings. The maximum Gasteiger partial charge on any atom is 0.257 e. The first-order valence-electron chi connectivity index (χ1n) is 6.65. The highest BCUT2D eigenvalue weighted by Crippen LogP contribution is 2.20. The lowest BCUT2D eigenvalue weighted by Crippen LogP contribution is -2.49. The summed E-state index contributed by atoms with van der Waals surface area (Å²) in [5.74, 6) is -0.0840. The number of anilines is 1. The number of aromatic nitrogens is 1. The van der Waals surface area contributed by atoms with Crippen LogP contribution in [0.5, 0.6) is 0 Å². The molecule has 0 bridgehead atoms. The number of methoxy groups -OCH3 is 1. The molecule has 2 rings (SSSR count). The van der Waals surface area contributed by atoms with Crippen molar-refractivity contribution in [2.24, 2.45) is 0 Å². The van der Waals surface area contributed by atoms with Crippen LogP contribution in [-0.4, -0.2) is 68.4 Å². The van der Waals surface area contributed by atoms with Gasteiger partial charge in [0.15, 0.2) is 5.13 Å². The van der Waals surface area contributed by atoms with Gasteiger partial charge in [0.05, 0.1) is 19.3 Å². The van der Waals surface area contributed by atoms with Gasteiger partial charge in [0.2, 0.25) is 0 Å². The number of likely N-dealkylation sites (N-methyl/N-ethyl adjacent to an activating group) is 1. The van der Waals surface area contributed by atoms with Crippen molar-refractivity contribution in [2.45, 2.75) is 19.1 Å². The molecule has 1 aromatic heterocycles. The van der Waals surface area contributed by atoms with Crippen molar-refractivity contribution in [1.29, 1.82) is 0 Å². The number of carbonyl (C=O) groups excluding carboxylic acids is 1. The van der Waals surface area contributed by atoms with E-state index in [1.54, 1.807) is 18.0 Å². The van der Waals surface area contributed by atoms with Gasteiger partial charge in [-0.2, -0.15) is 0 Å². The molecule has 0 radical (unpaired) electrons. The SMILES string of the molecule is CO[C@H](C)C(=O)N(C[C@@H]1CN(C)CCO1)c1nccs1. The molecule has 20 heavy (non-hydrogen) atoms. The van der Waals surface area contributed by atoms with E-state index in [1.165, 1.54) is 18.4 Å². The standard InChI is InChI=1S/C13H21N3O3S/c1-10(18-3)12(17)16(13-14-4-7-20-13)9-11-8-15(2)5-6-19-11/h4,7,10-11H,5-6,8-9H2,1-3H3/t10-,11+/m1/s1. The Morgan fingerprint density at radius 2 is 2.55 bits per heavy atom. The van der Waals surface area contributed by atoms with Crippen LogP contribution in [-0.2, 0) is 14.3 Å². The number of thiazole rings is 1. The molecule has 0 aromatic carbocycles. The van der Waals surface area contributed by atoms with Gasteiger partial charge in [0, 0.05) is 31.8 Å². The van der Waals surface area contributed by atoms with Gasteiger partial charge in [-0.25, -0.2) is 4.98 Å². The Kier molecular flexibility index (Phi) is 5.47. The van der Waals surface area contributed by atoms with Gasteiger partial charge in [-0.15, -0.1) is 11.3 Å². The minimum Gasteiger partial charge on any atom is -0.374 e. The lowest BCUT2D eigenvalue weighted by molar-refractivity contribution is -0.128. The zero-order valence-electron chi connectivity index (χ0n) is 12.1. The van der Waals surface area contributed by atoms with Crippen molar-refractivity contribution in [3.05, 3.63) is 11.6 Å². The van der Waals surface area contributed by atoms with Gasteiger partial charge in [-0.1, -0.05) is 0 Å². The molecule has 1 amide bonds. The minimum absolute atomic E-state index is 0.00524. The van der Waals surface area contributed by atoms with E-state index in [0.717, 1.165) is 13.1 Å². The maximum atomic E-state index is 12.4. The second-order valence-corrected chi connectivity index (χ2v) is 5.77. The molecule has 0 aliphatic carbocycles. The molecule has 6 nitrogen and oxygen atoms in total. The Balaban J connectivity index is 2.08. The zero-order chi connectivity index (χ0) is 14.5. The van der Waals surface area contributed by atoms with Crippen LogP contribution in [0, 0.1) is 0 Å². The van der Waals surface area contributed by atoms with E-state index >= 15 is 0 Å². The lowest BCUT2D eigenvalue weighted by atomic mass is 10.2. The molecular formula is C13H21N3O3S. The number of ether oxygens (including phenoxy) is 2.